The van der Waals surface area contributed by atoms with Crippen molar-refractivity contribution in [3.63, 3.8) is 0 Å². The van der Waals surface area contributed by atoms with E-state index in [9.17, 15) is 19.1 Å². The highest BCUT2D eigenvalue weighted by molar-refractivity contribution is 6.31. The fraction of sp³-hybridized carbons (Fsp3) is 0.118. The van der Waals surface area contributed by atoms with Crippen molar-refractivity contribution < 1.29 is 19.1 Å². The molecular formula is C17H15ClFN3O3. The fourth-order valence-corrected chi connectivity index (χ4v) is 2.08. The minimum Gasteiger partial charge on any atom is -0.507 e. The molecule has 0 atom stereocenters. The van der Waals surface area contributed by atoms with Crippen LogP contribution in [0.15, 0.2) is 47.6 Å². The van der Waals surface area contributed by atoms with E-state index in [2.05, 4.69) is 15.8 Å². The molecule has 0 heterocycles. The SMILES string of the molecule is C/C(CC(=O)Nc1ccc(F)cc1)=N/NC(=O)c1cc(Cl)ccc1O. The van der Waals surface area contributed by atoms with Crippen LogP contribution in [0.4, 0.5) is 10.1 Å². The molecule has 130 valence electrons. The van der Waals surface area contributed by atoms with Gasteiger partial charge in [-0.25, -0.2) is 9.82 Å². The summed E-state index contributed by atoms with van der Waals surface area (Å²) >= 11 is 5.78. The fourth-order valence-electron chi connectivity index (χ4n) is 1.91. The summed E-state index contributed by atoms with van der Waals surface area (Å²) < 4.78 is 12.8. The van der Waals surface area contributed by atoms with E-state index in [1.165, 1.54) is 42.5 Å². The largest absolute Gasteiger partial charge is 0.507 e. The summed E-state index contributed by atoms with van der Waals surface area (Å²) in [5, 5.41) is 16.3. The Morgan fingerprint density at radius 3 is 2.56 bits per heavy atom. The van der Waals surface area contributed by atoms with Gasteiger partial charge in [0.2, 0.25) is 5.91 Å². The van der Waals surface area contributed by atoms with Gasteiger partial charge < -0.3 is 10.4 Å². The molecule has 0 fully saturated rings. The maximum atomic E-state index is 12.8. The summed E-state index contributed by atoms with van der Waals surface area (Å²) in [6.07, 6.45) is -0.0703. The van der Waals surface area contributed by atoms with Gasteiger partial charge in [0, 0.05) is 16.4 Å². The number of amides is 2. The van der Waals surface area contributed by atoms with Crippen LogP contribution in [0.25, 0.3) is 0 Å². The van der Waals surface area contributed by atoms with Gasteiger partial charge in [-0.2, -0.15) is 5.10 Å². The first-order valence-corrected chi connectivity index (χ1v) is 7.60. The second kappa shape index (κ2) is 8.25. The molecule has 0 saturated carbocycles. The van der Waals surface area contributed by atoms with Gasteiger partial charge in [-0.1, -0.05) is 11.6 Å². The summed E-state index contributed by atoms with van der Waals surface area (Å²) in [6.45, 7) is 1.56. The molecule has 0 aliphatic heterocycles. The minimum atomic E-state index is -0.654. The molecule has 2 aromatic rings. The number of carbonyl (C=O) groups excluding carboxylic acids is 2. The van der Waals surface area contributed by atoms with Crippen LogP contribution in [0.3, 0.4) is 0 Å². The highest BCUT2D eigenvalue weighted by atomic mass is 35.5. The predicted molar refractivity (Wildman–Crippen MR) is 93.3 cm³/mol. The number of aromatic hydroxyl groups is 1. The van der Waals surface area contributed by atoms with Gasteiger partial charge in [0.25, 0.3) is 5.91 Å². The number of anilines is 1. The van der Waals surface area contributed by atoms with Crippen molar-refractivity contribution in [3.8, 4) is 5.75 Å². The van der Waals surface area contributed by atoms with Crippen molar-refractivity contribution >= 4 is 34.8 Å². The quantitative estimate of drug-likeness (QED) is 0.562. The number of carbonyl (C=O) groups is 2. The molecule has 6 nitrogen and oxygen atoms in total. The normalized spacial score (nSPS) is 11.1. The van der Waals surface area contributed by atoms with Crippen LogP contribution in [0.5, 0.6) is 5.75 Å². The van der Waals surface area contributed by atoms with Gasteiger partial charge >= 0.3 is 0 Å². The summed E-state index contributed by atoms with van der Waals surface area (Å²) in [4.78, 5) is 23.8. The maximum absolute atomic E-state index is 12.8. The van der Waals surface area contributed by atoms with E-state index in [0.29, 0.717) is 16.4 Å². The number of rotatable bonds is 5. The summed E-state index contributed by atoms with van der Waals surface area (Å²) in [5.74, 6) is -1.66. The molecule has 25 heavy (non-hydrogen) atoms. The standard InChI is InChI=1S/C17H15ClFN3O3/c1-10(8-16(24)20-13-5-3-12(19)4-6-13)21-22-17(25)14-9-11(18)2-7-15(14)23/h2-7,9,23H,8H2,1H3,(H,20,24)(H,22,25)/b21-10-. The van der Waals surface area contributed by atoms with Crippen molar-refractivity contribution in [1.29, 1.82) is 0 Å². The minimum absolute atomic E-state index is 0.0280. The lowest BCUT2D eigenvalue weighted by atomic mass is 10.2. The topological polar surface area (TPSA) is 90.8 Å². The first kappa shape index (κ1) is 18.4. The predicted octanol–water partition coefficient (Wildman–Crippen LogP) is 3.32. The van der Waals surface area contributed by atoms with Crippen molar-refractivity contribution in [2.24, 2.45) is 5.10 Å². The van der Waals surface area contributed by atoms with Crippen LogP contribution in [-0.4, -0.2) is 22.6 Å². The Morgan fingerprint density at radius 2 is 1.88 bits per heavy atom. The number of nitrogens with zero attached hydrogens (tertiary/aromatic N) is 1. The maximum Gasteiger partial charge on any atom is 0.275 e. The number of hydrazone groups is 1. The third-order valence-electron chi connectivity index (χ3n) is 3.10. The molecule has 2 aromatic carbocycles. The van der Waals surface area contributed by atoms with Crippen LogP contribution in [-0.2, 0) is 4.79 Å². The third-order valence-corrected chi connectivity index (χ3v) is 3.33. The molecular weight excluding hydrogens is 349 g/mol. The van der Waals surface area contributed by atoms with E-state index >= 15 is 0 Å². The van der Waals surface area contributed by atoms with Crippen LogP contribution in [0, 0.1) is 5.82 Å². The molecule has 0 aromatic heterocycles. The van der Waals surface area contributed by atoms with Gasteiger partial charge in [-0.3, -0.25) is 9.59 Å². The van der Waals surface area contributed by atoms with Crippen molar-refractivity contribution in [1.82, 2.24) is 5.43 Å². The lowest BCUT2D eigenvalue weighted by molar-refractivity contribution is -0.115. The van der Waals surface area contributed by atoms with E-state index < -0.39 is 11.7 Å². The van der Waals surface area contributed by atoms with Crippen molar-refractivity contribution in [2.75, 3.05) is 5.32 Å². The van der Waals surface area contributed by atoms with Gasteiger partial charge in [0.15, 0.2) is 0 Å². The number of halogens is 2. The first-order valence-electron chi connectivity index (χ1n) is 7.22. The van der Waals surface area contributed by atoms with Crippen LogP contribution < -0.4 is 10.7 Å². The lowest BCUT2D eigenvalue weighted by Gasteiger charge is -2.06. The number of phenols is 1. The zero-order valence-electron chi connectivity index (χ0n) is 13.2. The molecule has 2 rings (SSSR count). The molecule has 8 heteroatoms. The van der Waals surface area contributed by atoms with E-state index in [0.717, 1.165) is 0 Å². The van der Waals surface area contributed by atoms with Gasteiger partial charge in [0.05, 0.1) is 12.0 Å². The van der Waals surface area contributed by atoms with E-state index in [1.807, 2.05) is 0 Å². The average Bonchev–Trinajstić information content (AvgIpc) is 2.57. The zero-order chi connectivity index (χ0) is 18.4. The molecule has 0 bridgehead atoms. The van der Waals surface area contributed by atoms with Gasteiger partial charge in [-0.15, -0.1) is 0 Å². The Morgan fingerprint density at radius 1 is 1.20 bits per heavy atom. The van der Waals surface area contributed by atoms with Crippen LogP contribution in [0.1, 0.15) is 23.7 Å². The molecule has 0 spiro atoms. The number of hydrogen-bond acceptors (Lipinski definition) is 4. The molecule has 0 aliphatic rings. The van der Waals surface area contributed by atoms with Gasteiger partial charge in [-0.05, 0) is 49.4 Å². The number of benzene rings is 2. The Kier molecular flexibility index (Phi) is 6.08. The van der Waals surface area contributed by atoms with E-state index in [4.69, 9.17) is 11.6 Å². The van der Waals surface area contributed by atoms with E-state index in [-0.39, 0.29) is 23.6 Å². The number of nitrogens with one attached hydrogen (secondary N) is 2. The van der Waals surface area contributed by atoms with E-state index in [1.54, 1.807) is 6.92 Å². The Bertz CT molecular complexity index is 822. The highest BCUT2D eigenvalue weighted by Crippen LogP contribution is 2.21. The molecule has 3 N–H and O–H groups in total. The Labute approximate surface area is 148 Å². The monoisotopic (exact) mass is 363 g/mol. The number of phenolic OH excluding ortho intramolecular Hbond substituents is 1. The first-order chi connectivity index (χ1) is 11.8. The molecule has 2 amide bonds. The Hall–Kier alpha value is -2.93. The lowest BCUT2D eigenvalue weighted by Crippen LogP contribution is -2.21. The van der Waals surface area contributed by atoms with Crippen molar-refractivity contribution in [3.05, 3.63) is 58.9 Å². The molecule has 0 aliphatic carbocycles. The highest BCUT2D eigenvalue weighted by Gasteiger charge is 2.11. The molecule has 0 unspecified atom stereocenters. The second-order valence-corrected chi connectivity index (χ2v) is 5.62. The van der Waals surface area contributed by atoms with Crippen LogP contribution in [0.2, 0.25) is 5.02 Å². The zero-order valence-corrected chi connectivity index (χ0v) is 14.0. The number of hydrogen-bond donors (Lipinski definition) is 3. The van der Waals surface area contributed by atoms with Gasteiger partial charge in [0.1, 0.15) is 11.6 Å². The second-order valence-electron chi connectivity index (χ2n) is 5.18. The molecule has 0 radical (unpaired) electrons. The summed E-state index contributed by atoms with van der Waals surface area (Å²) in [6, 6.07) is 9.37. The smallest absolute Gasteiger partial charge is 0.275 e. The van der Waals surface area contributed by atoms with Crippen molar-refractivity contribution in [2.45, 2.75) is 13.3 Å². The molecule has 0 saturated heterocycles. The van der Waals surface area contributed by atoms with Crippen LogP contribution >= 0.6 is 11.6 Å². The summed E-state index contributed by atoms with van der Waals surface area (Å²) in [7, 11) is 0. The summed E-state index contributed by atoms with van der Waals surface area (Å²) in [5.41, 5.74) is 3.01. The average molecular weight is 364 g/mol. The Balaban J connectivity index is 1.92. The third kappa shape index (κ3) is 5.58.